The highest BCUT2D eigenvalue weighted by molar-refractivity contribution is 5.45. The highest BCUT2D eigenvalue weighted by Gasteiger charge is 2.20. The molecule has 0 aliphatic rings. The number of aryl methyl sites for hydroxylation is 1. The summed E-state index contributed by atoms with van der Waals surface area (Å²) in [5.74, 6) is 1.42. The molecule has 3 aromatic rings. The zero-order chi connectivity index (χ0) is 17.8. The van der Waals surface area contributed by atoms with E-state index in [1.807, 2.05) is 60.7 Å². The summed E-state index contributed by atoms with van der Waals surface area (Å²) in [6, 6.07) is 19.5. The Morgan fingerprint density at radius 3 is 1.72 bits per heavy atom. The minimum atomic E-state index is -0.156. The number of aromatic nitrogens is 1. The van der Waals surface area contributed by atoms with Crippen molar-refractivity contribution in [3.8, 4) is 11.5 Å². The molecule has 0 unspecified atom stereocenters. The second-order valence-corrected chi connectivity index (χ2v) is 5.86. The van der Waals surface area contributed by atoms with Gasteiger partial charge in [-0.15, -0.1) is 0 Å². The summed E-state index contributed by atoms with van der Waals surface area (Å²) in [5, 5.41) is 0. The summed E-state index contributed by atoms with van der Waals surface area (Å²) in [6.45, 7) is 0. The van der Waals surface area contributed by atoms with E-state index in [9.17, 15) is 4.79 Å². The summed E-state index contributed by atoms with van der Waals surface area (Å²) in [4.78, 5) is 12.7. The highest BCUT2D eigenvalue weighted by atomic mass is 16.5. The van der Waals surface area contributed by atoms with Gasteiger partial charge in [-0.3, -0.25) is 4.79 Å². The summed E-state index contributed by atoms with van der Waals surface area (Å²) < 4.78 is 12.1. The fourth-order valence-electron chi connectivity index (χ4n) is 2.98. The van der Waals surface area contributed by atoms with Crippen LogP contribution in [0.1, 0.15) is 22.6 Å². The smallest absolute Gasteiger partial charge is 0.254 e. The third-order valence-electron chi connectivity index (χ3n) is 4.36. The molecule has 25 heavy (non-hydrogen) atoms. The molecule has 0 atom stereocenters. The number of benzene rings is 2. The SMILES string of the molecule is COc1ccc(C(c2ccc(OC)cc2)c2cccn(C)c2=O)cc1. The van der Waals surface area contributed by atoms with Gasteiger partial charge in [0.15, 0.2) is 0 Å². The van der Waals surface area contributed by atoms with Crippen LogP contribution >= 0.6 is 0 Å². The van der Waals surface area contributed by atoms with E-state index in [0.717, 1.165) is 28.2 Å². The van der Waals surface area contributed by atoms with Gasteiger partial charge in [0.2, 0.25) is 0 Å². The van der Waals surface area contributed by atoms with Gasteiger partial charge < -0.3 is 14.0 Å². The number of ether oxygens (including phenoxy) is 2. The molecular weight excluding hydrogens is 314 g/mol. The fourth-order valence-corrected chi connectivity index (χ4v) is 2.98. The van der Waals surface area contributed by atoms with E-state index in [0.29, 0.717) is 0 Å². The zero-order valence-electron chi connectivity index (χ0n) is 14.6. The van der Waals surface area contributed by atoms with Gasteiger partial charge in [-0.25, -0.2) is 0 Å². The van der Waals surface area contributed by atoms with E-state index in [1.54, 1.807) is 32.0 Å². The molecule has 1 aromatic heterocycles. The van der Waals surface area contributed by atoms with Gasteiger partial charge in [0, 0.05) is 24.7 Å². The van der Waals surface area contributed by atoms with Gasteiger partial charge in [0.1, 0.15) is 11.5 Å². The number of hydrogen-bond donors (Lipinski definition) is 0. The maximum Gasteiger partial charge on any atom is 0.254 e. The monoisotopic (exact) mass is 335 g/mol. The molecule has 2 aromatic carbocycles. The Morgan fingerprint density at radius 1 is 0.800 bits per heavy atom. The quantitative estimate of drug-likeness (QED) is 0.715. The fraction of sp³-hybridized carbons (Fsp3) is 0.190. The summed E-state index contributed by atoms with van der Waals surface area (Å²) in [7, 11) is 5.05. The first-order valence-electron chi connectivity index (χ1n) is 8.07. The Morgan fingerprint density at radius 2 is 1.28 bits per heavy atom. The lowest BCUT2D eigenvalue weighted by molar-refractivity contribution is 0.414. The summed E-state index contributed by atoms with van der Waals surface area (Å²) in [5.41, 5.74) is 2.81. The largest absolute Gasteiger partial charge is 0.497 e. The van der Waals surface area contributed by atoms with E-state index < -0.39 is 0 Å². The Hall–Kier alpha value is -3.01. The number of methoxy groups -OCH3 is 2. The van der Waals surface area contributed by atoms with E-state index in [-0.39, 0.29) is 11.5 Å². The molecule has 3 rings (SSSR count). The van der Waals surface area contributed by atoms with Crippen molar-refractivity contribution >= 4 is 0 Å². The molecule has 0 aliphatic heterocycles. The number of nitrogens with zero attached hydrogens (tertiary/aromatic N) is 1. The predicted molar refractivity (Wildman–Crippen MR) is 98.6 cm³/mol. The lowest BCUT2D eigenvalue weighted by Gasteiger charge is -2.19. The molecule has 0 saturated heterocycles. The molecule has 0 saturated carbocycles. The van der Waals surface area contributed by atoms with E-state index in [4.69, 9.17) is 9.47 Å². The van der Waals surface area contributed by atoms with E-state index >= 15 is 0 Å². The Kier molecular flexibility index (Phi) is 4.89. The maximum atomic E-state index is 12.7. The lowest BCUT2D eigenvalue weighted by Crippen LogP contribution is -2.23. The average molecular weight is 335 g/mol. The first kappa shape index (κ1) is 16.8. The second kappa shape index (κ2) is 7.26. The van der Waals surface area contributed by atoms with Crippen molar-refractivity contribution in [1.29, 1.82) is 0 Å². The van der Waals surface area contributed by atoms with Crippen molar-refractivity contribution < 1.29 is 9.47 Å². The minimum Gasteiger partial charge on any atom is -0.497 e. The summed E-state index contributed by atoms with van der Waals surface area (Å²) >= 11 is 0. The Labute approximate surface area is 147 Å². The van der Waals surface area contributed by atoms with Crippen LogP contribution in [0.25, 0.3) is 0 Å². The second-order valence-electron chi connectivity index (χ2n) is 5.86. The molecule has 0 aliphatic carbocycles. The molecule has 0 spiro atoms. The molecule has 0 N–H and O–H groups in total. The molecule has 1 heterocycles. The third-order valence-corrected chi connectivity index (χ3v) is 4.36. The van der Waals surface area contributed by atoms with E-state index in [1.165, 1.54) is 0 Å². The normalized spacial score (nSPS) is 10.7. The maximum absolute atomic E-state index is 12.7. The molecule has 0 bridgehead atoms. The Balaban J connectivity index is 2.15. The van der Waals surface area contributed by atoms with Crippen molar-refractivity contribution in [1.82, 2.24) is 4.57 Å². The van der Waals surface area contributed by atoms with Crippen LogP contribution in [0.2, 0.25) is 0 Å². The number of pyridine rings is 1. The number of hydrogen-bond acceptors (Lipinski definition) is 3. The highest BCUT2D eigenvalue weighted by Crippen LogP contribution is 2.32. The molecule has 0 amide bonds. The van der Waals surface area contributed by atoms with Crippen LogP contribution in [0.15, 0.2) is 71.7 Å². The summed E-state index contributed by atoms with van der Waals surface area (Å²) in [6.07, 6.45) is 1.77. The van der Waals surface area contributed by atoms with Crippen LogP contribution in [-0.4, -0.2) is 18.8 Å². The molecule has 0 radical (unpaired) electrons. The first-order valence-corrected chi connectivity index (χ1v) is 8.07. The van der Waals surface area contributed by atoms with Gasteiger partial charge in [-0.1, -0.05) is 30.3 Å². The van der Waals surface area contributed by atoms with Gasteiger partial charge in [-0.2, -0.15) is 0 Å². The molecule has 4 heteroatoms. The third kappa shape index (κ3) is 3.43. The van der Waals surface area contributed by atoms with Crippen LogP contribution < -0.4 is 15.0 Å². The topological polar surface area (TPSA) is 40.5 Å². The standard InChI is InChI=1S/C21H21NO3/c1-22-14-4-5-19(21(22)23)20(15-6-10-17(24-2)11-7-15)16-8-12-18(25-3)13-9-16/h4-14,20H,1-3H3. The van der Waals surface area contributed by atoms with Gasteiger partial charge in [0.05, 0.1) is 14.2 Å². The molecular formula is C21H21NO3. The minimum absolute atomic E-state index is 0.000800. The van der Waals surface area contributed by atoms with Gasteiger partial charge in [0.25, 0.3) is 5.56 Å². The molecule has 0 fully saturated rings. The lowest BCUT2D eigenvalue weighted by atomic mass is 9.85. The van der Waals surface area contributed by atoms with Crippen molar-refractivity contribution in [3.63, 3.8) is 0 Å². The molecule has 4 nitrogen and oxygen atoms in total. The molecule has 128 valence electrons. The van der Waals surface area contributed by atoms with Crippen molar-refractivity contribution in [3.05, 3.63) is 93.9 Å². The van der Waals surface area contributed by atoms with Crippen LogP contribution in [0.5, 0.6) is 11.5 Å². The van der Waals surface area contributed by atoms with Gasteiger partial charge >= 0.3 is 0 Å². The van der Waals surface area contributed by atoms with Gasteiger partial charge in [-0.05, 0) is 41.5 Å². The van der Waals surface area contributed by atoms with Crippen molar-refractivity contribution in [2.45, 2.75) is 5.92 Å². The van der Waals surface area contributed by atoms with Crippen molar-refractivity contribution in [2.75, 3.05) is 14.2 Å². The zero-order valence-corrected chi connectivity index (χ0v) is 14.6. The Bertz CT molecular complexity index is 848. The average Bonchev–Trinajstić information content (AvgIpc) is 2.66. The van der Waals surface area contributed by atoms with E-state index in [2.05, 4.69) is 0 Å². The van der Waals surface area contributed by atoms with Crippen molar-refractivity contribution in [2.24, 2.45) is 7.05 Å². The predicted octanol–water partition coefficient (Wildman–Crippen LogP) is 3.58. The van der Waals surface area contributed by atoms with Crippen LogP contribution in [0, 0.1) is 0 Å². The van der Waals surface area contributed by atoms with Crippen LogP contribution in [0.3, 0.4) is 0 Å². The first-order chi connectivity index (χ1) is 12.1. The van der Waals surface area contributed by atoms with Crippen LogP contribution in [-0.2, 0) is 7.05 Å². The van der Waals surface area contributed by atoms with Crippen LogP contribution in [0.4, 0.5) is 0 Å². The number of rotatable bonds is 5.